The Kier molecular flexibility index (Phi) is 7.29. The molecule has 0 spiro atoms. The Bertz CT molecular complexity index is 485. The van der Waals surface area contributed by atoms with Crippen molar-refractivity contribution >= 4 is 11.9 Å². The summed E-state index contributed by atoms with van der Waals surface area (Å²) in [6.45, 7) is 4.82. The molecule has 1 aromatic rings. The summed E-state index contributed by atoms with van der Waals surface area (Å²) < 4.78 is 10.1. The number of esters is 1. The molecule has 21 heavy (non-hydrogen) atoms. The SMILES string of the molecule is COC(=O)CCCNC(=O)CCOc1ccc(C)cc1C. The molecule has 0 unspecified atom stereocenters. The number of nitrogens with one attached hydrogen (secondary N) is 1. The second kappa shape index (κ2) is 9.00. The average Bonchev–Trinajstić information content (AvgIpc) is 2.45. The molecule has 0 atom stereocenters. The van der Waals surface area contributed by atoms with E-state index in [0.29, 0.717) is 32.4 Å². The van der Waals surface area contributed by atoms with Crippen LogP contribution in [0, 0.1) is 13.8 Å². The zero-order valence-electron chi connectivity index (χ0n) is 12.9. The van der Waals surface area contributed by atoms with Gasteiger partial charge in [0.15, 0.2) is 0 Å². The van der Waals surface area contributed by atoms with Crippen LogP contribution >= 0.6 is 0 Å². The number of hydrogen-bond donors (Lipinski definition) is 1. The second-order valence-electron chi connectivity index (χ2n) is 4.90. The summed E-state index contributed by atoms with van der Waals surface area (Å²) in [7, 11) is 1.35. The zero-order valence-corrected chi connectivity index (χ0v) is 12.9. The van der Waals surface area contributed by atoms with Crippen LogP contribution in [-0.2, 0) is 14.3 Å². The predicted molar refractivity (Wildman–Crippen MR) is 80.3 cm³/mol. The fourth-order valence-electron chi connectivity index (χ4n) is 1.87. The fraction of sp³-hybridized carbons (Fsp3) is 0.500. The van der Waals surface area contributed by atoms with Gasteiger partial charge in [0.25, 0.3) is 0 Å². The second-order valence-corrected chi connectivity index (χ2v) is 4.90. The highest BCUT2D eigenvalue weighted by Gasteiger charge is 2.04. The first-order valence-electron chi connectivity index (χ1n) is 7.06. The van der Waals surface area contributed by atoms with E-state index in [9.17, 15) is 9.59 Å². The summed E-state index contributed by atoms with van der Waals surface area (Å²) in [5.41, 5.74) is 2.25. The molecule has 5 nitrogen and oxygen atoms in total. The van der Waals surface area contributed by atoms with Crippen molar-refractivity contribution in [2.24, 2.45) is 0 Å². The molecule has 0 fully saturated rings. The summed E-state index contributed by atoms with van der Waals surface area (Å²) >= 11 is 0. The Balaban J connectivity index is 2.17. The number of carbonyl (C=O) groups is 2. The highest BCUT2D eigenvalue weighted by atomic mass is 16.5. The van der Waals surface area contributed by atoms with Gasteiger partial charge >= 0.3 is 5.97 Å². The molecule has 0 aliphatic heterocycles. The molecule has 0 heterocycles. The maximum atomic E-state index is 11.6. The Morgan fingerprint density at radius 2 is 1.95 bits per heavy atom. The number of ether oxygens (including phenoxy) is 2. The Hall–Kier alpha value is -2.04. The lowest BCUT2D eigenvalue weighted by Gasteiger charge is -2.10. The maximum Gasteiger partial charge on any atom is 0.305 e. The summed E-state index contributed by atoms with van der Waals surface area (Å²) in [6, 6.07) is 5.94. The van der Waals surface area contributed by atoms with Crippen LogP contribution in [0.25, 0.3) is 0 Å². The predicted octanol–water partition coefficient (Wildman–Crippen LogP) is 2.14. The molecule has 0 radical (unpaired) electrons. The first-order chi connectivity index (χ1) is 10.0. The van der Waals surface area contributed by atoms with Gasteiger partial charge < -0.3 is 14.8 Å². The van der Waals surface area contributed by atoms with Crippen LogP contribution in [0.3, 0.4) is 0 Å². The molecule has 0 aliphatic carbocycles. The highest BCUT2D eigenvalue weighted by molar-refractivity contribution is 5.76. The van der Waals surface area contributed by atoms with Gasteiger partial charge in [-0.25, -0.2) is 0 Å². The van der Waals surface area contributed by atoms with Crippen LogP contribution < -0.4 is 10.1 Å². The lowest BCUT2D eigenvalue weighted by atomic mass is 10.1. The number of aryl methyl sites for hydroxylation is 2. The van der Waals surface area contributed by atoms with Gasteiger partial charge in [0.05, 0.1) is 20.1 Å². The largest absolute Gasteiger partial charge is 0.493 e. The number of benzene rings is 1. The number of rotatable bonds is 8. The molecule has 1 amide bonds. The van der Waals surface area contributed by atoms with Gasteiger partial charge in [0, 0.05) is 13.0 Å². The summed E-state index contributed by atoms with van der Waals surface area (Å²) in [4.78, 5) is 22.5. The standard InChI is InChI=1S/C16H23NO4/c1-12-6-7-14(13(2)11-12)21-10-8-15(18)17-9-4-5-16(19)20-3/h6-7,11H,4-5,8-10H2,1-3H3,(H,17,18). The van der Waals surface area contributed by atoms with E-state index in [2.05, 4.69) is 10.1 Å². The minimum absolute atomic E-state index is 0.0790. The van der Waals surface area contributed by atoms with Gasteiger partial charge in [-0.05, 0) is 31.9 Å². The van der Waals surface area contributed by atoms with Gasteiger partial charge in [0.2, 0.25) is 5.91 Å². The van der Waals surface area contributed by atoms with Gasteiger partial charge in [-0.15, -0.1) is 0 Å². The van der Waals surface area contributed by atoms with Crippen molar-refractivity contribution in [2.75, 3.05) is 20.3 Å². The smallest absolute Gasteiger partial charge is 0.305 e. The lowest BCUT2D eigenvalue weighted by Crippen LogP contribution is -2.26. The van der Waals surface area contributed by atoms with Crippen LogP contribution in [0.1, 0.15) is 30.4 Å². The van der Waals surface area contributed by atoms with Gasteiger partial charge in [0.1, 0.15) is 5.75 Å². The molecule has 0 aromatic heterocycles. The topological polar surface area (TPSA) is 64.6 Å². The monoisotopic (exact) mass is 293 g/mol. The van der Waals surface area contributed by atoms with Gasteiger partial charge in [-0.1, -0.05) is 17.7 Å². The van der Waals surface area contributed by atoms with E-state index >= 15 is 0 Å². The quantitative estimate of drug-likeness (QED) is 0.589. The molecular formula is C16H23NO4. The summed E-state index contributed by atoms with van der Waals surface area (Å²) in [6.07, 6.45) is 1.19. The van der Waals surface area contributed by atoms with Crippen LogP contribution in [0.5, 0.6) is 5.75 Å². The van der Waals surface area contributed by atoms with Crippen molar-refractivity contribution in [1.82, 2.24) is 5.32 Å². The first kappa shape index (κ1) is 17.0. The van der Waals surface area contributed by atoms with E-state index in [1.807, 2.05) is 32.0 Å². The molecule has 5 heteroatoms. The van der Waals surface area contributed by atoms with Crippen molar-refractivity contribution in [3.05, 3.63) is 29.3 Å². The van der Waals surface area contributed by atoms with Crippen molar-refractivity contribution in [1.29, 1.82) is 0 Å². The number of methoxy groups -OCH3 is 1. The normalized spacial score (nSPS) is 10.0. The molecular weight excluding hydrogens is 270 g/mol. The lowest BCUT2D eigenvalue weighted by molar-refractivity contribution is -0.140. The van der Waals surface area contributed by atoms with Gasteiger partial charge in [-0.3, -0.25) is 9.59 Å². The molecule has 0 aliphatic rings. The molecule has 0 bridgehead atoms. The maximum absolute atomic E-state index is 11.6. The van der Waals surface area contributed by atoms with Crippen LogP contribution in [0.2, 0.25) is 0 Å². The molecule has 0 saturated carbocycles. The van der Waals surface area contributed by atoms with Crippen LogP contribution in [0.4, 0.5) is 0 Å². The van der Waals surface area contributed by atoms with Crippen molar-refractivity contribution in [2.45, 2.75) is 33.1 Å². The molecule has 0 saturated heterocycles. The average molecular weight is 293 g/mol. The third-order valence-corrected chi connectivity index (χ3v) is 3.02. The summed E-state index contributed by atoms with van der Waals surface area (Å²) in [5.74, 6) is 0.464. The van der Waals surface area contributed by atoms with Crippen molar-refractivity contribution in [3.8, 4) is 5.75 Å². The van der Waals surface area contributed by atoms with E-state index in [1.165, 1.54) is 12.7 Å². The fourth-order valence-corrected chi connectivity index (χ4v) is 1.87. The Morgan fingerprint density at radius 1 is 1.19 bits per heavy atom. The van der Waals surface area contributed by atoms with E-state index in [-0.39, 0.29) is 11.9 Å². The Labute approximate surface area is 125 Å². The molecule has 1 rings (SSSR count). The van der Waals surface area contributed by atoms with E-state index in [4.69, 9.17) is 4.74 Å². The third kappa shape index (κ3) is 6.79. The number of amides is 1. The van der Waals surface area contributed by atoms with Gasteiger partial charge in [-0.2, -0.15) is 0 Å². The summed E-state index contributed by atoms with van der Waals surface area (Å²) in [5, 5.41) is 2.75. The van der Waals surface area contributed by atoms with Crippen LogP contribution in [-0.4, -0.2) is 32.1 Å². The number of carbonyl (C=O) groups excluding carboxylic acids is 2. The van der Waals surface area contributed by atoms with E-state index < -0.39 is 0 Å². The zero-order chi connectivity index (χ0) is 15.7. The molecule has 116 valence electrons. The van der Waals surface area contributed by atoms with Crippen LogP contribution in [0.15, 0.2) is 18.2 Å². The first-order valence-corrected chi connectivity index (χ1v) is 7.06. The van der Waals surface area contributed by atoms with Crippen molar-refractivity contribution in [3.63, 3.8) is 0 Å². The Morgan fingerprint density at radius 3 is 2.62 bits per heavy atom. The third-order valence-electron chi connectivity index (χ3n) is 3.02. The molecule has 1 aromatic carbocycles. The highest BCUT2D eigenvalue weighted by Crippen LogP contribution is 2.18. The van der Waals surface area contributed by atoms with Crippen molar-refractivity contribution < 1.29 is 19.1 Å². The minimum Gasteiger partial charge on any atom is -0.493 e. The number of hydrogen-bond acceptors (Lipinski definition) is 4. The van der Waals surface area contributed by atoms with E-state index in [1.54, 1.807) is 0 Å². The van der Waals surface area contributed by atoms with E-state index in [0.717, 1.165) is 11.3 Å². The molecule has 1 N–H and O–H groups in total. The minimum atomic E-state index is -0.262.